The zero-order valence-electron chi connectivity index (χ0n) is 8.16. The largest absolute Gasteiger partial charge is 0.370 e. The van der Waals surface area contributed by atoms with Crippen LogP contribution >= 0.6 is 12.6 Å². The zero-order valence-corrected chi connectivity index (χ0v) is 9.06. The number of likely N-dealkylation sites (N-methyl/N-ethyl adjacent to an activating group) is 1. The molecule has 0 fully saturated rings. The standard InChI is InChI=1S/C9H17NOS/c1-7(2)9(11)5-10(4)8(3)6-12/h6-7,12H,5H2,1-4H3/b8-6+. The van der Waals surface area contributed by atoms with Crippen molar-refractivity contribution in [3.8, 4) is 0 Å². The Morgan fingerprint density at radius 3 is 2.42 bits per heavy atom. The monoisotopic (exact) mass is 187 g/mol. The summed E-state index contributed by atoms with van der Waals surface area (Å²) in [6.07, 6.45) is 0. The van der Waals surface area contributed by atoms with Crippen LogP contribution in [0.3, 0.4) is 0 Å². The van der Waals surface area contributed by atoms with E-state index in [0.717, 1.165) is 5.70 Å². The highest BCUT2D eigenvalue weighted by Gasteiger charge is 2.09. The summed E-state index contributed by atoms with van der Waals surface area (Å²) >= 11 is 4.01. The van der Waals surface area contributed by atoms with Crippen LogP contribution in [0.4, 0.5) is 0 Å². The number of thiol groups is 1. The van der Waals surface area contributed by atoms with E-state index in [1.165, 1.54) is 0 Å². The van der Waals surface area contributed by atoms with Gasteiger partial charge in [0.2, 0.25) is 0 Å². The Kier molecular flexibility index (Phi) is 5.06. The molecular formula is C9H17NOS. The van der Waals surface area contributed by atoms with Gasteiger partial charge in [-0.2, -0.15) is 0 Å². The van der Waals surface area contributed by atoms with Crippen LogP contribution in [-0.4, -0.2) is 24.3 Å². The van der Waals surface area contributed by atoms with E-state index in [-0.39, 0.29) is 11.7 Å². The molecule has 3 heteroatoms. The van der Waals surface area contributed by atoms with E-state index in [9.17, 15) is 4.79 Å². The van der Waals surface area contributed by atoms with Gasteiger partial charge in [0.25, 0.3) is 0 Å². The average Bonchev–Trinajstić information content (AvgIpc) is 2.02. The van der Waals surface area contributed by atoms with Gasteiger partial charge in [-0.15, -0.1) is 12.6 Å². The van der Waals surface area contributed by atoms with Gasteiger partial charge in [0, 0.05) is 18.7 Å². The van der Waals surface area contributed by atoms with Crippen molar-refractivity contribution in [2.24, 2.45) is 5.92 Å². The number of hydrogen-bond acceptors (Lipinski definition) is 3. The summed E-state index contributed by atoms with van der Waals surface area (Å²) in [4.78, 5) is 13.2. The minimum atomic E-state index is 0.111. The van der Waals surface area contributed by atoms with E-state index >= 15 is 0 Å². The van der Waals surface area contributed by atoms with Gasteiger partial charge in [-0.3, -0.25) is 4.79 Å². The highest BCUT2D eigenvalue weighted by molar-refractivity contribution is 7.83. The minimum absolute atomic E-state index is 0.111. The highest BCUT2D eigenvalue weighted by atomic mass is 32.1. The molecule has 0 bridgehead atoms. The molecule has 0 radical (unpaired) electrons. The highest BCUT2D eigenvalue weighted by Crippen LogP contribution is 2.03. The van der Waals surface area contributed by atoms with Crippen LogP contribution in [0.15, 0.2) is 11.1 Å². The molecule has 0 saturated heterocycles. The molecule has 0 heterocycles. The van der Waals surface area contributed by atoms with Gasteiger partial charge in [-0.25, -0.2) is 0 Å². The summed E-state index contributed by atoms with van der Waals surface area (Å²) in [5.41, 5.74) is 1.01. The fourth-order valence-electron chi connectivity index (χ4n) is 0.640. The van der Waals surface area contributed by atoms with E-state index in [4.69, 9.17) is 0 Å². The number of nitrogens with zero attached hydrogens (tertiary/aromatic N) is 1. The fraction of sp³-hybridized carbons (Fsp3) is 0.667. The molecule has 0 amide bonds. The minimum Gasteiger partial charge on any atom is -0.370 e. The van der Waals surface area contributed by atoms with Crippen molar-refractivity contribution < 1.29 is 4.79 Å². The molecule has 0 aromatic heterocycles. The third-order valence-corrected chi connectivity index (χ3v) is 2.20. The SMILES string of the molecule is C/C(=C\S)N(C)CC(=O)C(C)C. The first kappa shape index (κ1) is 11.6. The van der Waals surface area contributed by atoms with Gasteiger partial charge in [-0.05, 0) is 12.3 Å². The summed E-state index contributed by atoms with van der Waals surface area (Å²) in [5, 5.41) is 1.70. The van der Waals surface area contributed by atoms with Crippen LogP contribution in [0, 0.1) is 5.92 Å². The molecule has 0 saturated carbocycles. The molecule has 0 aliphatic heterocycles. The molecule has 0 aromatic carbocycles. The quantitative estimate of drug-likeness (QED) is 0.679. The summed E-state index contributed by atoms with van der Waals surface area (Å²) in [6.45, 7) is 6.23. The molecule has 0 rings (SSSR count). The van der Waals surface area contributed by atoms with Crippen LogP contribution in [0.5, 0.6) is 0 Å². The maximum atomic E-state index is 11.3. The summed E-state index contributed by atoms with van der Waals surface area (Å²) < 4.78 is 0. The Hall–Kier alpha value is -0.440. The topological polar surface area (TPSA) is 20.3 Å². The van der Waals surface area contributed by atoms with Gasteiger partial charge in [-0.1, -0.05) is 13.8 Å². The molecular weight excluding hydrogens is 170 g/mol. The van der Waals surface area contributed by atoms with Crippen LogP contribution < -0.4 is 0 Å². The maximum Gasteiger partial charge on any atom is 0.154 e. The molecule has 0 aliphatic rings. The molecule has 0 N–H and O–H groups in total. The Morgan fingerprint density at radius 2 is 2.08 bits per heavy atom. The number of carbonyl (C=O) groups excluding carboxylic acids is 1. The molecule has 12 heavy (non-hydrogen) atoms. The van der Waals surface area contributed by atoms with Crippen molar-refractivity contribution >= 4 is 18.4 Å². The lowest BCUT2D eigenvalue weighted by atomic mass is 10.1. The lowest BCUT2D eigenvalue weighted by Crippen LogP contribution is -2.27. The molecule has 0 aliphatic carbocycles. The van der Waals surface area contributed by atoms with Crippen molar-refractivity contribution in [1.82, 2.24) is 4.90 Å². The molecule has 0 atom stereocenters. The van der Waals surface area contributed by atoms with Gasteiger partial charge >= 0.3 is 0 Å². The Morgan fingerprint density at radius 1 is 1.58 bits per heavy atom. The van der Waals surface area contributed by atoms with Crippen LogP contribution in [-0.2, 0) is 4.79 Å². The van der Waals surface area contributed by atoms with Crippen molar-refractivity contribution in [1.29, 1.82) is 0 Å². The van der Waals surface area contributed by atoms with E-state index in [0.29, 0.717) is 6.54 Å². The third-order valence-electron chi connectivity index (χ3n) is 1.83. The van der Waals surface area contributed by atoms with E-state index < -0.39 is 0 Å². The van der Waals surface area contributed by atoms with E-state index in [1.54, 1.807) is 5.41 Å². The van der Waals surface area contributed by atoms with Crippen LogP contribution in [0.25, 0.3) is 0 Å². The number of ketones is 1. The summed E-state index contributed by atoms with van der Waals surface area (Å²) in [6, 6.07) is 0. The second kappa shape index (κ2) is 5.25. The van der Waals surface area contributed by atoms with E-state index in [2.05, 4.69) is 12.6 Å². The number of allylic oxidation sites excluding steroid dienone is 1. The lowest BCUT2D eigenvalue weighted by Gasteiger charge is -2.19. The molecule has 2 nitrogen and oxygen atoms in total. The molecule has 0 spiro atoms. The lowest BCUT2D eigenvalue weighted by molar-refractivity contribution is -0.122. The first-order valence-corrected chi connectivity index (χ1v) is 4.55. The predicted octanol–water partition coefficient (Wildman–Crippen LogP) is 1.93. The number of Topliss-reactive ketones (excluding diaryl/α,β-unsaturated/α-hetero) is 1. The average molecular weight is 187 g/mol. The normalized spacial score (nSPS) is 12.0. The molecule has 0 unspecified atom stereocenters. The number of hydrogen-bond donors (Lipinski definition) is 1. The van der Waals surface area contributed by atoms with Gasteiger partial charge < -0.3 is 4.90 Å². The van der Waals surface area contributed by atoms with Crippen LogP contribution in [0.1, 0.15) is 20.8 Å². The first-order valence-electron chi connectivity index (χ1n) is 4.03. The smallest absolute Gasteiger partial charge is 0.154 e. The van der Waals surface area contributed by atoms with Crippen LogP contribution in [0.2, 0.25) is 0 Å². The van der Waals surface area contributed by atoms with Crippen molar-refractivity contribution in [2.45, 2.75) is 20.8 Å². The van der Waals surface area contributed by atoms with Gasteiger partial charge in [0.15, 0.2) is 5.78 Å². The maximum absolute atomic E-state index is 11.3. The van der Waals surface area contributed by atoms with Gasteiger partial charge in [0.1, 0.15) is 0 Å². The predicted molar refractivity (Wildman–Crippen MR) is 55.2 cm³/mol. The number of rotatable bonds is 4. The van der Waals surface area contributed by atoms with Crippen molar-refractivity contribution in [2.75, 3.05) is 13.6 Å². The second-order valence-corrected chi connectivity index (χ2v) is 3.51. The van der Waals surface area contributed by atoms with E-state index in [1.807, 2.05) is 32.7 Å². The molecule has 70 valence electrons. The zero-order chi connectivity index (χ0) is 9.72. The van der Waals surface area contributed by atoms with Crippen molar-refractivity contribution in [3.05, 3.63) is 11.1 Å². The Balaban J connectivity index is 4.01. The molecule has 0 aromatic rings. The Labute approximate surface area is 80.0 Å². The van der Waals surface area contributed by atoms with Gasteiger partial charge in [0.05, 0.1) is 6.54 Å². The first-order chi connectivity index (χ1) is 5.49. The third kappa shape index (κ3) is 3.81. The summed E-state index contributed by atoms with van der Waals surface area (Å²) in [5.74, 6) is 0.368. The Bertz CT molecular complexity index is 187. The summed E-state index contributed by atoms with van der Waals surface area (Å²) in [7, 11) is 1.89. The number of carbonyl (C=O) groups is 1. The second-order valence-electron chi connectivity index (χ2n) is 3.25. The van der Waals surface area contributed by atoms with Crippen molar-refractivity contribution in [3.63, 3.8) is 0 Å². The fourth-order valence-corrected chi connectivity index (χ4v) is 0.837.